The van der Waals surface area contributed by atoms with Gasteiger partial charge in [0.25, 0.3) is 0 Å². The molecule has 0 radical (unpaired) electrons. The van der Waals surface area contributed by atoms with E-state index < -0.39 is 0 Å². The van der Waals surface area contributed by atoms with Crippen LogP contribution in [0, 0.1) is 11.8 Å². The molecule has 1 aliphatic heterocycles. The number of hydrogen-bond donors (Lipinski definition) is 1. The number of likely N-dealkylation sites (tertiary alicyclic amines) is 1. The van der Waals surface area contributed by atoms with Gasteiger partial charge in [-0.2, -0.15) is 0 Å². The standard InChI is InChI=1S/C15H17ClN2O2/c16-10-3-5-11(6-4-10)17-14(19)12-9-13(12)15(20)18-7-1-2-8-18/h3-6,12-13H,1-2,7-9H2,(H,17,19). The predicted octanol–water partition coefficient (Wildman–Crippen LogP) is 2.54. The van der Waals surface area contributed by atoms with Gasteiger partial charge in [0.1, 0.15) is 0 Å². The van der Waals surface area contributed by atoms with Gasteiger partial charge >= 0.3 is 0 Å². The van der Waals surface area contributed by atoms with Crippen LogP contribution in [-0.4, -0.2) is 29.8 Å². The van der Waals surface area contributed by atoms with Gasteiger partial charge in [0, 0.05) is 23.8 Å². The highest BCUT2D eigenvalue weighted by Gasteiger charge is 2.49. The zero-order chi connectivity index (χ0) is 14.1. The lowest BCUT2D eigenvalue weighted by Crippen LogP contribution is -2.30. The minimum absolute atomic E-state index is 0.0649. The van der Waals surface area contributed by atoms with E-state index in [0.29, 0.717) is 11.4 Å². The van der Waals surface area contributed by atoms with Crippen LogP contribution in [-0.2, 0) is 9.59 Å². The lowest BCUT2D eigenvalue weighted by molar-refractivity contribution is -0.133. The summed E-state index contributed by atoms with van der Waals surface area (Å²) >= 11 is 5.80. The molecule has 2 amide bonds. The fraction of sp³-hybridized carbons (Fsp3) is 0.467. The molecule has 1 saturated heterocycles. The molecule has 2 fully saturated rings. The first-order valence-corrected chi connectivity index (χ1v) is 7.38. The molecular formula is C15H17ClN2O2. The fourth-order valence-electron chi connectivity index (χ4n) is 2.70. The second kappa shape index (κ2) is 5.44. The monoisotopic (exact) mass is 292 g/mol. The number of rotatable bonds is 3. The number of amides is 2. The van der Waals surface area contributed by atoms with Crippen LogP contribution in [0.4, 0.5) is 5.69 Å². The van der Waals surface area contributed by atoms with E-state index in [1.54, 1.807) is 24.3 Å². The van der Waals surface area contributed by atoms with Crippen LogP contribution in [0.25, 0.3) is 0 Å². The molecule has 2 aliphatic rings. The van der Waals surface area contributed by atoms with Crippen LogP contribution < -0.4 is 5.32 Å². The Hall–Kier alpha value is -1.55. The number of hydrogen-bond acceptors (Lipinski definition) is 2. The molecule has 5 heteroatoms. The van der Waals surface area contributed by atoms with Gasteiger partial charge in [-0.3, -0.25) is 9.59 Å². The molecule has 1 aromatic rings. The van der Waals surface area contributed by atoms with Gasteiger partial charge in [0.2, 0.25) is 11.8 Å². The Labute approximate surface area is 123 Å². The Balaban J connectivity index is 1.54. The summed E-state index contributed by atoms with van der Waals surface area (Å²) in [6.07, 6.45) is 2.84. The zero-order valence-corrected chi connectivity index (χ0v) is 11.9. The largest absolute Gasteiger partial charge is 0.342 e. The summed E-state index contributed by atoms with van der Waals surface area (Å²) in [5.41, 5.74) is 0.721. The molecule has 3 rings (SSSR count). The fourth-order valence-corrected chi connectivity index (χ4v) is 2.82. The molecular weight excluding hydrogens is 276 g/mol. The highest BCUT2D eigenvalue weighted by molar-refractivity contribution is 6.30. The second-order valence-corrected chi connectivity index (χ2v) is 5.91. The van der Waals surface area contributed by atoms with Gasteiger partial charge < -0.3 is 10.2 Å². The molecule has 106 valence electrons. The highest BCUT2D eigenvalue weighted by atomic mass is 35.5. The van der Waals surface area contributed by atoms with Crippen LogP contribution in [0.2, 0.25) is 5.02 Å². The molecule has 0 bridgehead atoms. The molecule has 1 aliphatic carbocycles. The van der Waals surface area contributed by atoms with Gasteiger partial charge in [0.15, 0.2) is 0 Å². The highest BCUT2D eigenvalue weighted by Crippen LogP contribution is 2.41. The quantitative estimate of drug-likeness (QED) is 0.931. The van der Waals surface area contributed by atoms with Crippen LogP contribution in [0.3, 0.4) is 0 Å². The lowest BCUT2D eigenvalue weighted by atomic mass is 10.2. The van der Waals surface area contributed by atoms with Gasteiger partial charge in [-0.25, -0.2) is 0 Å². The van der Waals surface area contributed by atoms with E-state index in [1.807, 2.05) is 4.90 Å². The number of carbonyl (C=O) groups excluding carboxylic acids is 2. The normalized spacial score (nSPS) is 24.6. The van der Waals surface area contributed by atoms with Crippen molar-refractivity contribution in [3.63, 3.8) is 0 Å². The predicted molar refractivity (Wildman–Crippen MR) is 77.5 cm³/mol. The van der Waals surface area contributed by atoms with Gasteiger partial charge in [-0.1, -0.05) is 11.6 Å². The summed E-state index contributed by atoms with van der Waals surface area (Å²) in [7, 11) is 0. The Kier molecular flexibility index (Phi) is 3.66. The summed E-state index contributed by atoms with van der Waals surface area (Å²) in [5, 5.41) is 3.47. The van der Waals surface area contributed by atoms with Crippen molar-refractivity contribution in [3.05, 3.63) is 29.3 Å². The second-order valence-electron chi connectivity index (χ2n) is 5.48. The molecule has 20 heavy (non-hydrogen) atoms. The summed E-state index contributed by atoms with van der Waals surface area (Å²) in [4.78, 5) is 26.1. The Morgan fingerprint density at radius 2 is 1.75 bits per heavy atom. The summed E-state index contributed by atoms with van der Waals surface area (Å²) in [6, 6.07) is 6.99. The van der Waals surface area contributed by atoms with Crippen LogP contribution in [0.5, 0.6) is 0 Å². The molecule has 1 heterocycles. The zero-order valence-electron chi connectivity index (χ0n) is 11.1. The molecule has 1 N–H and O–H groups in total. The summed E-state index contributed by atoms with van der Waals surface area (Å²) in [6.45, 7) is 1.70. The van der Waals surface area contributed by atoms with E-state index in [0.717, 1.165) is 31.6 Å². The molecule has 2 unspecified atom stereocenters. The first-order valence-electron chi connectivity index (χ1n) is 7.00. The maximum Gasteiger partial charge on any atom is 0.228 e. The van der Waals surface area contributed by atoms with E-state index in [4.69, 9.17) is 11.6 Å². The average Bonchev–Trinajstić information content (AvgIpc) is 3.06. The molecule has 1 aromatic carbocycles. The minimum atomic E-state index is -0.168. The van der Waals surface area contributed by atoms with Crippen molar-refractivity contribution in [3.8, 4) is 0 Å². The summed E-state index contributed by atoms with van der Waals surface area (Å²) in [5.74, 6) is -0.192. The molecule has 4 nitrogen and oxygen atoms in total. The molecule has 0 spiro atoms. The third-order valence-electron chi connectivity index (χ3n) is 3.97. The Morgan fingerprint density at radius 3 is 2.40 bits per heavy atom. The van der Waals surface area contributed by atoms with Crippen molar-refractivity contribution >= 4 is 29.1 Å². The number of anilines is 1. The topological polar surface area (TPSA) is 49.4 Å². The molecule has 1 saturated carbocycles. The number of halogens is 1. The van der Waals surface area contributed by atoms with Crippen molar-refractivity contribution < 1.29 is 9.59 Å². The van der Waals surface area contributed by atoms with Crippen LogP contribution in [0.1, 0.15) is 19.3 Å². The lowest BCUT2D eigenvalue weighted by Gasteiger charge is -2.14. The minimum Gasteiger partial charge on any atom is -0.342 e. The maximum atomic E-state index is 12.1. The van der Waals surface area contributed by atoms with Gasteiger partial charge in [-0.15, -0.1) is 0 Å². The summed E-state index contributed by atoms with van der Waals surface area (Å²) < 4.78 is 0. The van der Waals surface area contributed by atoms with E-state index in [9.17, 15) is 9.59 Å². The van der Waals surface area contributed by atoms with Gasteiger partial charge in [-0.05, 0) is 43.5 Å². The molecule has 0 aromatic heterocycles. The van der Waals surface area contributed by atoms with Crippen LogP contribution in [0.15, 0.2) is 24.3 Å². The van der Waals surface area contributed by atoms with Crippen molar-refractivity contribution in [2.24, 2.45) is 11.8 Å². The third-order valence-corrected chi connectivity index (χ3v) is 4.23. The van der Waals surface area contributed by atoms with E-state index in [2.05, 4.69) is 5.32 Å². The maximum absolute atomic E-state index is 12.1. The number of nitrogens with zero attached hydrogens (tertiary/aromatic N) is 1. The number of carbonyl (C=O) groups is 2. The first kappa shape index (κ1) is 13.4. The van der Waals surface area contributed by atoms with E-state index in [-0.39, 0.29) is 23.7 Å². The Morgan fingerprint density at radius 1 is 1.10 bits per heavy atom. The first-order chi connectivity index (χ1) is 9.65. The Bertz CT molecular complexity index is 523. The third kappa shape index (κ3) is 2.80. The van der Waals surface area contributed by atoms with Crippen molar-refractivity contribution in [2.75, 3.05) is 18.4 Å². The van der Waals surface area contributed by atoms with Crippen LogP contribution >= 0.6 is 11.6 Å². The smallest absolute Gasteiger partial charge is 0.228 e. The van der Waals surface area contributed by atoms with E-state index in [1.165, 1.54) is 0 Å². The number of nitrogens with one attached hydrogen (secondary N) is 1. The van der Waals surface area contributed by atoms with Gasteiger partial charge in [0.05, 0.1) is 11.8 Å². The average molecular weight is 293 g/mol. The van der Waals surface area contributed by atoms with E-state index >= 15 is 0 Å². The SMILES string of the molecule is O=C(Nc1ccc(Cl)cc1)C1CC1C(=O)N1CCCC1. The van der Waals surface area contributed by atoms with Crippen molar-refractivity contribution in [1.82, 2.24) is 4.90 Å². The van der Waals surface area contributed by atoms with Crippen molar-refractivity contribution in [1.29, 1.82) is 0 Å². The molecule has 2 atom stereocenters. The van der Waals surface area contributed by atoms with Crippen molar-refractivity contribution in [2.45, 2.75) is 19.3 Å². The number of benzene rings is 1.